The average molecular weight is 422 g/mol. The second kappa shape index (κ2) is 8.73. The molecule has 0 radical (unpaired) electrons. The summed E-state index contributed by atoms with van der Waals surface area (Å²) in [6.07, 6.45) is 4.63. The number of piperidine rings is 1. The Balaban J connectivity index is 1.66. The number of amides is 3. The molecule has 160 valence electrons. The van der Waals surface area contributed by atoms with Crippen LogP contribution in [0.4, 0.5) is 10.5 Å². The number of carbonyl (C=O) groups is 2. The predicted molar refractivity (Wildman–Crippen MR) is 113 cm³/mol. The van der Waals surface area contributed by atoms with E-state index in [2.05, 4.69) is 0 Å². The molecule has 8 heteroatoms. The Morgan fingerprint density at radius 3 is 1.97 bits per heavy atom. The summed E-state index contributed by atoms with van der Waals surface area (Å²) in [5, 5.41) is 0. The summed E-state index contributed by atoms with van der Waals surface area (Å²) in [5.41, 5.74) is 0.702. The molecular formula is C21H31N3O4S. The molecule has 1 aromatic carbocycles. The standard InChI is InChI=1S/C21H31N3O4S/c1-16(2)24(18-6-8-19(9-7-18)29(3,27)28)20(25)17-10-14-23(15-11-17)21(26)22-12-4-5-13-22/h6-9,16-17H,4-5,10-15H2,1-3H3. The smallest absolute Gasteiger partial charge is 0.319 e. The van der Waals surface area contributed by atoms with Crippen molar-refractivity contribution in [2.75, 3.05) is 37.3 Å². The molecule has 3 rings (SSSR count). The molecule has 0 bridgehead atoms. The third-order valence-corrected chi connectivity index (χ3v) is 6.92. The third kappa shape index (κ3) is 4.91. The molecule has 0 unspecified atom stereocenters. The number of hydrogen-bond acceptors (Lipinski definition) is 4. The number of hydrogen-bond donors (Lipinski definition) is 0. The van der Waals surface area contributed by atoms with E-state index >= 15 is 0 Å². The van der Waals surface area contributed by atoms with E-state index in [9.17, 15) is 18.0 Å². The lowest BCUT2D eigenvalue weighted by molar-refractivity contribution is -0.124. The maximum Gasteiger partial charge on any atom is 0.319 e. The van der Waals surface area contributed by atoms with Crippen LogP contribution in [0.1, 0.15) is 39.5 Å². The Kier molecular flexibility index (Phi) is 6.51. The topological polar surface area (TPSA) is 78.0 Å². The lowest BCUT2D eigenvalue weighted by atomic mass is 9.94. The fourth-order valence-electron chi connectivity index (χ4n) is 4.16. The van der Waals surface area contributed by atoms with Gasteiger partial charge in [-0.3, -0.25) is 4.79 Å². The first-order valence-corrected chi connectivity index (χ1v) is 12.2. The first kappa shape index (κ1) is 21.6. The second-order valence-corrected chi connectivity index (χ2v) is 10.3. The Bertz CT molecular complexity index is 837. The van der Waals surface area contributed by atoms with Gasteiger partial charge >= 0.3 is 6.03 Å². The molecule has 29 heavy (non-hydrogen) atoms. The molecule has 2 aliphatic rings. The fourth-order valence-corrected chi connectivity index (χ4v) is 4.79. The summed E-state index contributed by atoms with van der Waals surface area (Å²) in [6, 6.07) is 6.54. The zero-order chi connectivity index (χ0) is 21.2. The van der Waals surface area contributed by atoms with Crippen molar-refractivity contribution in [1.29, 1.82) is 0 Å². The molecule has 2 aliphatic heterocycles. The summed E-state index contributed by atoms with van der Waals surface area (Å²) in [6.45, 7) is 6.78. The van der Waals surface area contributed by atoms with Gasteiger partial charge in [-0.15, -0.1) is 0 Å². The van der Waals surface area contributed by atoms with Gasteiger partial charge in [0.2, 0.25) is 5.91 Å². The van der Waals surface area contributed by atoms with Crippen molar-refractivity contribution in [1.82, 2.24) is 9.80 Å². The molecule has 0 atom stereocenters. The highest BCUT2D eigenvalue weighted by Gasteiger charge is 2.33. The van der Waals surface area contributed by atoms with Crippen LogP contribution in [0.25, 0.3) is 0 Å². The van der Waals surface area contributed by atoms with E-state index in [4.69, 9.17) is 0 Å². The van der Waals surface area contributed by atoms with E-state index in [1.165, 1.54) is 6.26 Å². The van der Waals surface area contributed by atoms with Crippen molar-refractivity contribution in [2.24, 2.45) is 5.92 Å². The molecule has 2 saturated heterocycles. The van der Waals surface area contributed by atoms with Crippen molar-refractivity contribution in [3.63, 3.8) is 0 Å². The first-order chi connectivity index (χ1) is 13.7. The summed E-state index contributed by atoms with van der Waals surface area (Å²) in [5.74, 6) is -0.0880. The minimum atomic E-state index is -3.27. The van der Waals surface area contributed by atoms with Crippen molar-refractivity contribution < 1.29 is 18.0 Å². The molecule has 0 aromatic heterocycles. The van der Waals surface area contributed by atoms with Crippen molar-refractivity contribution in [3.8, 4) is 0 Å². The minimum absolute atomic E-state index is 0.0420. The van der Waals surface area contributed by atoms with E-state index in [0.717, 1.165) is 25.9 Å². The number of urea groups is 1. The number of rotatable bonds is 4. The highest BCUT2D eigenvalue weighted by atomic mass is 32.2. The lowest BCUT2D eigenvalue weighted by Crippen LogP contribution is -2.49. The van der Waals surface area contributed by atoms with Gasteiger partial charge in [0, 0.05) is 50.1 Å². The largest absolute Gasteiger partial charge is 0.325 e. The summed E-state index contributed by atoms with van der Waals surface area (Å²) in [4.78, 5) is 31.6. The second-order valence-electron chi connectivity index (χ2n) is 8.31. The van der Waals surface area contributed by atoms with Gasteiger partial charge in [-0.1, -0.05) is 0 Å². The average Bonchev–Trinajstić information content (AvgIpc) is 3.22. The number of benzene rings is 1. The van der Waals surface area contributed by atoms with Crippen LogP contribution in [-0.2, 0) is 14.6 Å². The molecule has 2 heterocycles. The van der Waals surface area contributed by atoms with Crippen LogP contribution >= 0.6 is 0 Å². The molecule has 0 N–H and O–H groups in total. The van der Waals surface area contributed by atoms with Crippen LogP contribution in [0.3, 0.4) is 0 Å². The maximum absolute atomic E-state index is 13.2. The number of nitrogens with zero attached hydrogens (tertiary/aromatic N) is 3. The minimum Gasteiger partial charge on any atom is -0.325 e. The molecule has 0 saturated carbocycles. The van der Waals surface area contributed by atoms with Gasteiger partial charge in [0.25, 0.3) is 0 Å². The Morgan fingerprint density at radius 1 is 0.966 bits per heavy atom. The van der Waals surface area contributed by atoms with Crippen LogP contribution in [0.5, 0.6) is 0 Å². The lowest BCUT2D eigenvalue weighted by Gasteiger charge is -2.37. The van der Waals surface area contributed by atoms with E-state index in [-0.39, 0.29) is 28.8 Å². The SMILES string of the molecule is CC(C)N(C(=O)C1CCN(C(=O)N2CCCC2)CC1)c1ccc(S(C)(=O)=O)cc1. The molecule has 1 aromatic rings. The summed E-state index contributed by atoms with van der Waals surface area (Å²) >= 11 is 0. The number of carbonyl (C=O) groups excluding carboxylic acids is 2. The number of anilines is 1. The van der Waals surface area contributed by atoms with Gasteiger partial charge in [-0.25, -0.2) is 13.2 Å². The van der Waals surface area contributed by atoms with Crippen molar-refractivity contribution in [3.05, 3.63) is 24.3 Å². The summed E-state index contributed by atoms with van der Waals surface area (Å²) < 4.78 is 23.4. The zero-order valence-corrected chi connectivity index (χ0v) is 18.3. The van der Waals surface area contributed by atoms with Crippen molar-refractivity contribution in [2.45, 2.75) is 50.5 Å². The molecule has 0 aliphatic carbocycles. The normalized spacial score (nSPS) is 18.3. The Morgan fingerprint density at radius 2 is 1.48 bits per heavy atom. The van der Waals surface area contributed by atoms with Gasteiger partial charge < -0.3 is 14.7 Å². The third-order valence-electron chi connectivity index (χ3n) is 5.79. The van der Waals surface area contributed by atoms with Gasteiger partial charge in [0.1, 0.15) is 0 Å². The quantitative estimate of drug-likeness (QED) is 0.749. The van der Waals surface area contributed by atoms with E-state index in [1.54, 1.807) is 29.2 Å². The Labute approximate surface area is 173 Å². The highest BCUT2D eigenvalue weighted by Crippen LogP contribution is 2.27. The van der Waals surface area contributed by atoms with Crippen molar-refractivity contribution >= 4 is 27.5 Å². The molecule has 3 amide bonds. The molecule has 7 nitrogen and oxygen atoms in total. The van der Waals surface area contributed by atoms with Crippen LogP contribution in [0.15, 0.2) is 29.2 Å². The predicted octanol–water partition coefficient (Wildman–Crippen LogP) is 2.76. The van der Waals surface area contributed by atoms with Gasteiger partial charge in [0.15, 0.2) is 9.84 Å². The molecular weight excluding hydrogens is 390 g/mol. The van der Waals surface area contributed by atoms with E-state index < -0.39 is 9.84 Å². The van der Waals surface area contributed by atoms with Crippen LogP contribution in [0, 0.1) is 5.92 Å². The molecule has 0 spiro atoms. The fraction of sp³-hybridized carbons (Fsp3) is 0.619. The van der Waals surface area contributed by atoms with E-state index in [0.29, 0.717) is 31.6 Å². The van der Waals surface area contributed by atoms with E-state index in [1.807, 2.05) is 23.6 Å². The van der Waals surface area contributed by atoms with Gasteiger partial charge in [0.05, 0.1) is 4.90 Å². The van der Waals surface area contributed by atoms with Crippen LogP contribution in [-0.4, -0.2) is 68.6 Å². The number of likely N-dealkylation sites (tertiary alicyclic amines) is 2. The number of sulfone groups is 1. The highest BCUT2D eigenvalue weighted by molar-refractivity contribution is 7.90. The monoisotopic (exact) mass is 421 g/mol. The zero-order valence-electron chi connectivity index (χ0n) is 17.5. The van der Waals surface area contributed by atoms with Crippen LogP contribution in [0.2, 0.25) is 0 Å². The maximum atomic E-state index is 13.2. The summed E-state index contributed by atoms with van der Waals surface area (Å²) in [7, 11) is -3.27. The van der Waals surface area contributed by atoms with Crippen LogP contribution < -0.4 is 4.90 Å². The molecule has 2 fully saturated rings. The van der Waals surface area contributed by atoms with Gasteiger partial charge in [-0.2, -0.15) is 0 Å². The Hall–Kier alpha value is -2.09. The first-order valence-electron chi connectivity index (χ1n) is 10.4. The van der Waals surface area contributed by atoms with Gasteiger partial charge in [-0.05, 0) is 63.8 Å².